The molecule has 3 heterocycles. The molecule has 6 nitrogen and oxygen atoms in total. The van der Waals surface area contributed by atoms with Crippen molar-refractivity contribution in [3.8, 4) is 0 Å². The number of thiophene rings is 1. The van der Waals surface area contributed by atoms with E-state index in [9.17, 15) is 9.59 Å². The molecule has 2 aromatic heterocycles. The van der Waals surface area contributed by atoms with Crippen molar-refractivity contribution in [3.05, 3.63) is 52.2 Å². The Morgan fingerprint density at radius 3 is 2.70 bits per heavy atom. The van der Waals surface area contributed by atoms with Gasteiger partial charge in [0.1, 0.15) is 11.5 Å². The normalized spacial score (nSPS) is 15.5. The van der Waals surface area contributed by atoms with Gasteiger partial charge in [0, 0.05) is 19.2 Å². The van der Waals surface area contributed by atoms with Gasteiger partial charge in [-0.15, -0.1) is 11.3 Å². The Balaban J connectivity index is 1.81. The molecular weight excluding hydrogens is 316 g/mol. The van der Waals surface area contributed by atoms with E-state index in [0.29, 0.717) is 36.9 Å². The molecule has 0 saturated carbocycles. The third-order valence-corrected chi connectivity index (χ3v) is 4.22. The topological polar surface area (TPSA) is 71.8 Å². The van der Waals surface area contributed by atoms with Gasteiger partial charge >= 0.3 is 0 Å². The maximum atomic E-state index is 12.7. The zero-order valence-corrected chi connectivity index (χ0v) is 13.2. The molecule has 1 saturated heterocycles. The minimum absolute atomic E-state index is 0.195. The fraction of sp³-hybridized carbons (Fsp3) is 0.250. The maximum Gasteiger partial charge on any atom is 0.270 e. The van der Waals surface area contributed by atoms with Crippen molar-refractivity contribution in [2.24, 2.45) is 0 Å². The van der Waals surface area contributed by atoms with Gasteiger partial charge < -0.3 is 19.4 Å². The molecule has 2 aromatic rings. The van der Waals surface area contributed by atoms with Crippen molar-refractivity contribution in [2.75, 3.05) is 26.3 Å². The lowest BCUT2D eigenvalue weighted by molar-refractivity contribution is -0.131. The lowest BCUT2D eigenvalue weighted by atomic mass is 10.2. The van der Waals surface area contributed by atoms with Crippen molar-refractivity contribution in [1.82, 2.24) is 10.2 Å². The smallest absolute Gasteiger partial charge is 0.270 e. The standard InChI is InChI=1S/C16H16N2O4S/c19-15(14-4-2-10-23-14)17-13(11-12-3-1-7-22-12)16(20)18-5-8-21-9-6-18/h1-4,7,10-11H,5-6,8-9H2,(H,17,19). The number of rotatable bonds is 4. The van der Waals surface area contributed by atoms with Crippen LogP contribution in [0.15, 0.2) is 46.0 Å². The van der Waals surface area contributed by atoms with Crippen molar-refractivity contribution in [2.45, 2.75) is 0 Å². The van der Waals surface area contributed by atoms with Crippen molar-refractivity contribution >= 4 is 29.2 Å². The quantitative estimate of drug-likeness (QED) is 0.869. The molecule has 23 heavy (non-hydrogen) atoms. The molecule has 1 fully saturated rings. The summed E-state index contributed by atoms with van der Waals surface area (Å²) in [6, 6.07) is 6.96. The number of hydrogen-bond acceptors (Lipinski definition) is 5. The van der Waals surface area contributed by atoms with Crippen molar-refractivity contribution < 1.29 is 18.7 Å². The van der Waals surface area contributed by atoms with Gasteiger partial charge in [0.15, 0.2) is 0 Å². The second-order valence-corrected chi connectivity index (χ2v) is 5.86. The highest BCUT2D eigenvalue weighted by Gasteiger charge is 2.23. The summed E-state index contributed by atoms with van der Waals surface area (Å²) in [6.45, 7) is 2.00. The van der Waals surface area contributed by atoms with Gasteiger partial charge in [0.25, 0.3) is 11.8 Å². The van der Waals surface area contributed by atoms with Crippen LogP contribution in [0, 0.1) is 0 Å². The SMILES string of the molecule is O=C(NC(=Cc1ccco1)C(=O)N1CCOCC1)c1cccs1. The van der Waals surface area contributed by atoms with E-state index >= 15 is 0 Å². The molecule has 0 aromatic carbocycles. The highest BCUT2D eigenvalue weighted by molar-refractivity contribution is 7.12. The zero-order chi connectivity index (χ0) is 16.1. The lowest BCUT2D eigenvalue weighted by Gasteiger charge is -2.27. The summed E-state index contributed by atoms with van der Waals surface area (Å²) < 4.78 is 10.5. The Kier molecular flexibility index (Phi) is 4.89. The van der Waals surface area contributed by atoms with Crippen LogP contribution in [0.25, 0.3) is 6.08 Å². The number of furan rings is 1. The second kappa shape index (κ2) is 7.26. The number of nitrogens with zero attached hydrogens (tertiary/aromatic N) is 1. The van der Waals surface area contributed by atoms with E-state index in [4.69, 9.17) is 9.15 Å². The zero-order valence-electron chi connectivity index (χ0n) is 12.4. The summed E-state index contributed by atoms with van der Waals surface area (Å²) in [6.07, 6.45) is 3.06. The third-order valence-electron chi connectivity index (χ3n) is 3.35. The molecule has 0 unspecified atom stereocenters. The number of carbonyl (C=O) groups is 2. The number of hydrogen-bond donors (Lipinski definition) is 1. The van der Waals surface area contributed by atoms with Crippen LogP contribution < -0.4 is 5.32 Å². The van der Waals surface area contributed by atoms with Crippen LogP contribution in [0.4, 0.5) is 0 Å². The fourth-order valence-electron chi connectivity index (χ4n) is 2.20. The highest BCUT2D eigenvalue weighted by atomic mass is 32.1. The molecule has 0 spiro atoms. The number of carbonyl (C=O) groups excluding carboxylic acids is 2. The van der Waals surface area contributed by atoms with Gasteiger partial charge in [-0.25, -0.2) is 0 Å². The van der Waals surface area contributed by atoms with Crippen LogP contribution in [0.1, 0.15) is 15.4 Å². The average Bonchev–Trinajstić information content (AvgIpc) is 3.28. The molecule has 7 heteroatoms. The van der Waals surface area contributed by atoms with Gasteiger partial charge in [-0.05, 0) is 23.6 Å². The third kappa shape index (κ3) is 3.88. The van der Waals surface area contributed by atoms with Gasteiger partial charge in [-0.1, -0.05) is 6.07 Å². The maximum absolute atomic E-state index is 12.7. The fourth-order valence-corrected chi connectivity index (χ4v) is 2.81. The first-order valence-electron chi connectivity index (χ1n) is 7.21. The summed E-state index contributed by atoms with van der Waals surface area (Å²) in [5.41, 5.74) is 0.195. The summed E-state index contributed by atoms with van der Waals surface area (Å²) in [5.74, 6) is -0.0397. The molecule has 3 rings (SSSR count). The van der Waals surface area contributed by atoms with E-state index in [2.05, 4.69) is 5.32 Å². The molecule has 1 N–H and O–H groups in total. The van der Waals surface area contributed by atoms with Crippen LogP contribution in [0.3, 0.4) is 0 Å². The van der Waals surface area contributed by atoms with Crippen LogP contribution in [-0.2, 0) is 9.53 Å². The van der Waals surface area contributed by atoms with Crippen LogP contribution in [0.2, 0.25) is 0 Å². The predicted octanol–water partition coefficient (Wildman–Crippen LogP) is 1.97. The average molecular weight is 332 g/mol. The molecular formula is C16H16N2O4S. The Morgan fingerprint density at radius 1 is 1.22 bits per heavy atom. The minimum atomic E-state index is -0.306. The lowest BCUT2D eigenvalue weighted by Crippen LogP contribution is -2.44. The second-order valence-electron chi connectivity index (χ2n) is 4.91. The molecule has 0 bridgehead atoms. The van der Waals surface area contributed by atoms with Crippen molar-refractivity contribution in [1.29, 1.82) is 0 Å². The Labute approximate surface area is 137 Å². The number of amides is 2. The first kappa shape index (κ1) is 15.5. The van der Waals surface area contributed by atoms with E-state index in [1.807, 2.05) is 5.38 Å². The summed E-state index contributed by atoms with van der Waals surface area (Å²) in [5, 5.41) is 4.51. The highest BCUT2D eigenvalue weighted by Crippen LogP contribution is 2.13. The van der Waals surface area contributed by atoms with Gasteiger partial charge in [-0.2, -0.15) is 0 Å². The van der Waals surface area contributed by atoms with Crippen LogP contribution >= 0.6 is 11.3 Å². The first-order chi connectivity index (χ1) is 11.2. The number of nitrogens with one attached hydrogen (secondary N) is 1. The molecule has 0 atom stereocenters. The van der Waals surface area contributed by atoms with E-state index < -0.39 is 0 Å². The monoisotopic (exact) mass is 332 g/mol. The summed E-state index contributed by atoms with van der Waals surface area (Å²) in [7, 11) is 0. The van der Waals surface area contributed by atoms with Gasteiger partial charge in [0.05, 0.1) is 24.4 Å². The van der Waals surface area contributed by atoms with Crippen LogP contribution in [0.5, 0.6) is 0 Å². The van der Waals surface area contributed by atoms with E-state index in [1.54, 1.807) is 35.2 Å². The van der Waals surface area contributed by atoms with E-state index in [0.717, 1.165) is 0 Å². The summed E-state index contributed by atoms with van der Waals surface area (Å²) in [4.78, 5) is 27.1. The van der Waals surface area contributed by atoms with E-state index in [-0.39, 0.29) is 17.5 Å². The molecule has 2 amide bonds. The Bertz CT molecular complexity index is 686. The minimum Gasteiger partial charge on any atom is -0.465 e. The Hall–Kier alpha value is -2.38. The largest absolute Gasteiger partial charge is 0.465 e. The predicted molar refractivity (Wildman–Crippen MR) is 85.9 cm³/mol. The van der Waals surface area contributed by atoms with Crippen LogP contribution in [-0.4, -0.2) is 43.0 Å². The summed E-state index contributed by atoms with van der Waals surface area (Å²) >= 11 is 1.32. The molecule has 1 aliphatic heterocycles. The molecule has 120 valence electrons. The van der Waals surface area contributed by atoms with E-state index in [1.165, 1.54) is 17.6 Å². The number of ether oxygens (including phenoxy) is 1. The first-order valence-corrected chi connectivity index (χ1v) is 8.09. The van der Waals surface area contributed by atoms with Gasteiger partial charge in [-0.3, -0.25) is 9.59 Å². The van der Waals surface area contributed by atoms with Crippen molar-refractivity contribution in [3.63, 3.8) is 0 Å². The molecule has 0 radical (unpaired) electrons. The number of morpholine rings is 1. The van der Waals surface area contributed by atoms with Gasteiger partial charge in [0.2, 0.25) is 0 Å². The Morgan fingerprint density at radius 2 is 2.04 bits per heavy atom. The molecule has 1 aliphatic rings. The molecule has 0 aliphatic carbocycles.